The van der Waals surface area contributed by atoms with Crippen molar-refractivity contribution in [2.75, 3.05) is 0 Å². The average Bonchev–Trinajstić information content (AvgIpc) is 3.17. The minimum atomic E-state index is 0.484. The first-order valence-electron chi connectivity index (χ1n) is 8.04. The molecule has 1 fully saturated rings. The second-order valence-corrected chi connectivity index (χ2v) is 8.52. The molecule has 1 unspecified atom stereocenters. The molecule has 5 rings (SSSR count). The zero-order valence-corrected chi connectivity index (χ0v) is 14.4. The SMILES string of the molecule is CC1CCc2c(sc3ncnc(Sc4nnc(C5CC5)o4)c23)C1. The first-order valence-corrected chi connectivity index (χ1v) is 9.67. The maximum Gasteiger partial charge on any atom is 0.282 e. The van der Waals surface area contributed by atoms with Crippen molar-refractivity contribution in [3.8, 4) is 0 Å². The molecule has 1 atom stereocenters. The molecule has 7 heteroatoms. The summed E-state index contributed by atoms with van der Waals surface area (Å²) in [5.41, 5.74) is 1.44. The summed E-state index contributed by atoms with van der Waals surface area (Å²) >= 11 is 3.29. The molecular weight excluding hydrogens is 328 g/mol. The minimum Gasteiger partial charge on any atom is -0.415 e. The quantitative estimate of drug-likeness (QED) is 0.663. The third-order valence-corrected chi connectivity index (χ3v) is 6.59. The van der Waals surface area contributed by atoms with Gasteiger partial charge in [-0.2, -0.15) is 0 Å². The van der Waals surface area contributed by atoms with Crippen molar-refractivity contribution in [2.45, 2.75) is 55.2 Å². The predicted molar refractivity (Wildman–Crippen MR) is 89.0 cm³/mol. The van der Waals surface area contributed by atoms with Gasteiger partial charge in [0.05, 0.1) is 0 Å². The average molecular weight is 344 g/mol. The van der Waals surface area contributed by atoms with E-state index in [0.717, 1.165) is 34.5 Å². The molecule has 0 radical (unpaired) electrons. The van der Waals surface area contributed by atoms with E-state index in [-0.39, 0.29) is 0 Å². The highest BCUT2D eigenvalue weighted by molar-refractivity contribution is 7.99. The van der Waals surface area contributed by atoms with Gasteiger partial charge in [0.15, 0.2) is 0 Å². The van der Waals surface area contributed by atoms with E-state index >= 15 is 0 Å². The van der Waals surface area contributed by atoms with E-state index in [1.807, 2.05) is 11.3 Å². The maximum absolute atomic E-state index is 5.78. The van der Waals surface area contributed by atoms with Crippen molar-refractivity contribution < 1.29 is 4.42 Å². The van der Waals surface area contributed by atoms with Gasteiger partial charge in [0.1, 0.15) is 16.2 Å². The Morgan fingerprint density at radius 2 is 2.13 bits per heavy atom. The van der Waals surface area contributed by atoms with E-state index in [9.17, 15) is 0 Å². The van der Waals surface area contributed by atoms with Crippen LogP contribution >= 0.6 is 23.1 Å². The molecule has 23 heavy (non-hydrogen) atoms. The van der Waals surface area contributed by atoms with Gasteiger partial charge in [-0.3, -0.25) is 0 Å². The van der Waals surface area contributed by atoms with Crippen LogP contribution in [0.3, 0.4) is 0 Å². The minimum absolute atomic E-state index is 0.484. The smallest absolute Gasteiger partial charge is 0.282 e. The van der Waals surface area contributed by atoms with Crippen LogP contribution in [0.2, 0.25) is 0 Å². The Balaban J connectivity index is 1.55. The Kier molecular flexibility index (Phi) is 3.19. The third-order valence-electron chi connectivity index (χ3n) is 4.59. The Labute approximate surface area is 141 Å². The van der Waals surface area contributed by atoms with Crippen molar-refractivity contribution in [3.05, 3.63) is 22.7 Å². The topological polar surface area (TPSA) is 64.7 Å². The van der Waals surface area contributed by atoms with Gasteiger partial charge in [0, 0.05) is 16.2 Å². The van der Waals surface area contributed by atoms with Gasteiger partial charge < -0.3 is 4.42 Å². The first-order chi connectivity index (χ1) is 11.3. The van der Waals surface area contributed by atoms with E-state index in [2.05, 4.69) is 27.1 Å². The molecule has 5 nitrogen and oxygen atoms in total. The molecular formula is C16H16N4OS2. The van der Waals surface area contributed by atoms with Gasteiger partial charge in [-0.15, -0.1) is 21.5 Å². The largest absolute Gasteiger partial charge is 0.415 e. The molecule has 0 aromatic carbocycles. The van der Waals surface area contributed by atoms with Crippen LogP contribution in [0.25, 0.3) is 10.2 Å². The van der Waals surface area contributed by atoms with Crippen LogP contribution in [0.5, 0.6) is 0 Å². The van der Waals surface area contributed by atoms with E-state index in [0.29, 0.717) is 11.1 Å². The van der Waals surface area contributed by atoms with E-state index in [1.54, 1.807) is 6.33 Å². The monoisotopic (exact) mass is 344 g/mol. The highest BCUT2D eigenvalue weighted by Crippen LogP contribution is 2.43. The number of aryl methyl sites for hydroxylation is 1. The standard InChI is InChI=1S/C16H16N4OS2/c1-8-2-5-10-11(6-8)22-14-12(10)15(18-7-17-14)23-16-20-19-13(21-16)9-3-4-9/h7-9H,2-6H2,1H3. The fraction of sp³-hybridized carbons (Fsp3) is 0.500. The zero-order chi connectivity index (χ0) is 15.4. The lowest BCUT2D eigenvalue weighted by Gasteiger charge is -2.17. The maximum atomic E-state index is 5.78. The van der Waals surface area contributed by atoms with E-state index < -0.39 is 0 Å². The van der Waals surface area contributed by atoms with Gasteiger partial charge >= 0.3 is 0 Å². The zero-order valence-electron chi connectivity index (χ0n) is 12.8. The van der Waals surface area contributed by atoms with Crippen molar-refractivity contribution in [1.82, 2.24) is 20.2 Å². The highest BCUT2D eigenvalue weighted by atomic mass is 32.2. The summed E-state index contributed by atoms with van der Waals surface area (Å²) in [6.07, 6.45) is 7.50. The van der Waals surface area contributed by atoms with Gasteiger partial charge in [-0.1, -0.05) is 6.92 Å². The molecule has 3 heterocycles. The summed E-state index contributed by atoms with van der Waals surface area (Å²) in [6.45, 7) is 2.33. The number of rotatable bonds is 3. The second kappa shape index (κ2) is 5.27. The highest BCUT2D eigenvalue weighted by Gasteiger charge is 2.30. The molecule has 0 aliphatic heterocycles. The summed E-state index contributed by atoms with van der Waals surface area (Å²) in [7, 11) is 0. The third kappa shape index (κ3) is 2.46. The molecule has 2 aliphatic rings. The molecule has 1 saturated carbocycles. The lowest BCUT2D eigenvalue weighted by atomic mass is 9.89. The van der Waals surface area contributed by atoms with Crippen molar-refractivity contribution in [3.63, 3.8) is 0 Å². The Morgan fingerprint density at radius 3 is 3.00 bits per heavy atom. The summed E-state index contributed by atoms with van der Waals surface area (Å²) in [5, 5.41) is 11.1. The molecule has 0 spiro atoms. The number of fused-ring (bicyclic) bond motifs is 3. The van der Waals surface area contributed by atoms with Crippen LogP contribution in [0.4, 0.5) is 0 Å². The van der Waals surface area contributed by atoms with Crippen LogP contribution in [0.1, 0.15) is 48.4 Å². The second-order valence-electron chi connectivity index (χ2n) is 6.49. The molecule has 118 valence electrons. The van der Waals surface area contributed by atoms with Crippen LogP contribution in [0, 0.1) is 5.92 Å². The lowest BCUT2D eigenvalue weighted by Crippen LogP contribution is -2.08. The summed E-state index contributed by atoms with van der Waals surface area (Å²) in [5.74, 6) is 2.02. The van der Waals surface area contributed by atoms with E-state index in [1.165, 1.54) is 46.9 Å². The molecule has 2 aliphatic carbocycles. The Bertz CT molecular complexity index is 883. The van der Waals surface area contributed by atoms with Crippen molar-refractivity contribution in [2.24, 2.45) is 5.92 Å². The number of nitrogens with zero attached hydrogens (tertiary/aromatic N) is 4. The predicted octanol–water partition coefficient (Wildman–Crippen LogP) is 4.23. The van der Waals surface area contributed by atoms with Crippen molar-refractivity contribution >= 4 is 33.3 Å². The lowest BCUT2D eigenvalue weighted by molar-refractivity contribution is 0.414. The molecule has 3 aromatic heterocycles. The normalized spacial score (nSPS) is 20.8. The molecule has 0 saturated heterocycles. The summed E-state index contributed by atoms with van der Waals surface area (Å²) in [6, 6.07) is 0. The van der Waals surface area contributed by atoms with Crippen LogP contribution in [-0.4, -0.2) is 20.2 Å². The first kappa shape index (κ1) is 13.9. The molecule has 3 aromatic rings. The summed E-state index contributed by atoms with van der Waals surface area (Å²) < 4.78 is 5.78. The van der Waals surface area contributed by atoms with E-state index in [4.69, 9.17) is 4.42 Å². The Hall–Kier alpha value is -1.47. The van der Waals surface area contributed by atoms with Crippen LogP contribution < -0.4 is 0 Å². The number of hydrogen-bond donors (Lipinski definition) is 0. The fourth-order valence-electron chi connectivity index (χ4n) is 3.16. The molecule has 0 N–H and O–H groups in total. The van der Waals surface area contributed by atoms with Gasteiger partial charge in [-0.05, 0) is 55.3 Å². The molecule has 0 bridgehead atoms. The fourth-order valence-corrected chi connectivity index (χ4v) is 5.37. The number of hydrogen-bond acceptors (Lipinski definition) is 7. The van der Waals surface area contributed by atoms with Gasteiger partial charge in [-0.25, -0.2) is 9.97 Å². The van der Waals surface area contributed by atoms with Crippen molar-refractivity contribution in [1.29, 1.82) is 0 Å². The Morgan fingerprint density at radius 1 is 1.22 bits per heavy atom. The molecule has 0 amide bonds. The number of aromatic nitrogens is 4. The summed E-state index contributed by atoms with van der Waals surface area (Å²) in [4.78, 5) is 11.6. The number of thiophene rings is 1. The van der Waals surface area contributed by atoms with Crippen LogP contribution in [-0.2, 0) is 12.8 Å². The van der Waals surface area contributed by atoms with Gasteiger partial charge in [0.25, 0.3) is 5.22 Å². The van der Waals surface area contributed by atoms with Gasteiger partial charge in [0.2, 0.25) is 5.89 Å². The van der Waals surface area contributed by atoms with Crippen LogP contribution in [0.15, 0.2) is 21.0 Å².